The second-order valence-corrected chi connectivity index (χ2v) is 3.73. The zero-order chi connectivity index (χ0) is 9.84. The van der Waals surface area contributed by atoms with Crippen LogP contribution in [0.15, 0.2) is 18.2 Å². The number of rotatable bonds is 3. The van der Waals surface area contributed by atoms with Crippen LogP contribution in [-0.4, -0.2) is 6.10 Å². The van der Waals surface area contributed by atoms with Crippen molar-refractivity contribution in [2.45, 2.75) is 19.4 Å². The molecule has 1 aromatic rings. The molecule has 1 unspecified atom stereocenters. The molecule has 4 heteroatoms. The van der Waals surface area contributed by atoms with Gasteiger partial charge < -0.3 is 4.84 Å². The van der Waals surface area contributed by atoms with E-state index in [1.165, 1.54) is 0 Å². The van der Waals surface area contributed by atoms with Gasteiger partial charge in [-0.1, -0.05) is 29.3 Å². The topological polar surface area (TPSA) is 35.2 Å². The maximum atomic E-state index is 5.95. The van der Waals surface area contributed by atoms with E-state index in [9.17, 15) is 0 Å². The Morgan fingerprint density at radius 1 is 1.46 bits per heavy atom. The molecular formula is C9H11Cl2NO. The highest BCUT2D eigenvalue weighted by Crippen LogP contribution is 2.22. The van der Waals surface area contributed by atoms with E-state index < -0.39 is 0 Å². The summed E-state index contributed by atoms with van der Waals surface area (Å²) in [4.78, 5) is 4.65. The fourth-order valence-corrected chi connectivity index (χ4v) is 1.53. The van der Waals surface area contributed by atoms with Gasteiger partial charge in [-0.2, -0.15) is 0 Å². The summed E-state index contributed by atoms with van der Waals surface area (Å²) >= 11 is 11.7. The fourth-order valence-electron chi connectivity index (χ4n) is 1.05. The summed E-state index contributed by atoms with van der Waals surface area (Å²) in [7, 11) is 0. The van der Waals surface area contributed by atoms with Gasteiger partial charge in [-0.15, -0.1) is 0 Å². The first-order valence-electron chi connectivity index (χ1n) is 3.93. The monoisotopic (exact) mass is 219 g/mol. The SMILES string of the molecule is CC(Cc1ccc(Cl)cc1Cl)ON. The van der Waals surface area contributed by atoms with E-state index in [2.05, 4.69) is 4.84 Å². The Morgan fingerprint density at radius 3 is 2.69 bits per heavy atom. The van der Waals surface area contributed by atoms with Crippen LogP contribution in [0.25, 0.3) is 0 Å². The smallest absolute Gasteiger partial charge is 0.0800 e. The van der Waals surface area contributed by atoms with E-state index in [4.69, 9.17) is 29.1 Å². The van der Waals surface area contributed by atoms with Gasteiger partial charge in [-0.25, -0.2) is 5.90 Å². The van der Waals surface area contributed by atoms with Crippen LogP contribution in [0, 0.1) is 0 Å². The molecule has 0 aliphatic heterocycles. The first-order valence-corrected chi connectivity index (χ1v) is 4.68. The van der Waals surface area contributed by atoms with Crippen LogP contribution in [0.5, 0.6) is 0 Å². The van der Waals surface area contributed by atoms with Crippen molar-refractivity contribution in [3.63, 3.8) is 0 Å². The van der Waals surface area contributed by atoms with E-state index >= 15 is 0 Å². The summed E-state index contributed by atoms with van der Waals surface area (Å²) in [5.74, 6) is 5.03. The maximum absolute atomic E-state index is 5.95. The summed E-state index contributed by atoms with van der Waals surface area (Å²) in [6.07, 6.45) is 0.644. The Bertz CT molecular complexity index is 291. The van der Waals surface area contributed by atoms with Crippen LogP contribution in [0.4, 0.5) is 0 Å². The van der Waals surface area contributed by atoms with E-state index in [0.29, 0.717) is 16.5 Å². The molecule has 1 rings (SSSR count). The predicted octanol–water partition coefficient (Wildman–Crippen LogP) is 2.81. The molecule has 72 valence electrons. The van der Waals surface area contributed by atoms with Gasteiger partial charge in [0.05, 0.1) is 6.10 Å². The van der Waals surface area contributed by atoms with Crippen molar-refractivity contribution in [2.24, 2.45) is 5.90 Å². The van der Waals surface area contributed by atoms with Gasteiger partial charge in [-0.05, 0) is 24.6 Å². The predicted molar refractivity (Wildman–Crippen MR) is 54.9 cm³/mol. The lowest BCUT2D eigenvalue weighted by molar-refractivity contribution is 0.0671. The lowest BCUT2D eigenvalue weighted by atomic mass is 10.1. The molecule has 13 heavy (non-hydrogen) atoms. The van der Waals surface area contributed by atoms with Crippen molar-refractivity contribution in [1.82, 2.24) is 0 Å². The molecule has 1 aromatic carbocycles. The molecule has 2 N–H and O–H groups in total. The lowest BCUT2D eigenvalue weighted by Crippen LogP contribution is -2.15. The Balaban J connectivity index is 2.77. The summed E-state index contributed by atoms with van der Waals surface area (Å²) in [5.41, 5.74) is 0.990. The second kappa shape index (κ2) is 4.82. The highest BCUT2D eigenvalue weighted by atomic mass is 35.5. The molecule has 2 nitrogen and oxygen atoms in total. The van der Waals surface area contributed by atoms with E-state index in [1.54, 1.807) is 12.1 Å². The minimum Gasteiger partial charge on any atom is -0.301 e. The summed E-state index contributed by atoms with van der Waals surface area (Å²) in [5, 5.41) is 1.28. The third-order valence-corrected chi connectivity index (χ3v) is 2.34. The van der Waals surface area contributed by atoms with Gasteiger partial charge in [0.1, 0.15) is 0 Å². The standard InChI is InChI=1S/C9H11Cl2NO/c1-6(13-12)4-7-2-3-8(10)5-9(7)11/h2-3,5-6H,4,12H2,1H3. The average Bonchev–Trinajstić information content (AvgIpc) is 2.09. The van der Waals surface area contributed by atoms with Crippen LogP contribution in [0.2, 0.25) is 10.0 Å². The number of halogens is 2. The molecule has 0 spiro atoms. The zero-order valence-corrected chi connectivity index (χ0v) is 8.77. The maximum Gasteiger partial charge on any atom is 0.0800 e. The van der Waals surface area contributed by atoms with Gasteiger partial charge >= 0.3 is 0 Å². The van der Waals surface area contributed by atoms with Crippen molar-refractivity contribution in [3.8, 4) is 0 Å². The molecule has 0 aromatic heterocycles. The highest BCUT2D eigenvalue weighted by Gasteiger charge is 2.06. The third kappa shape index (κ3) is 3.16. The van der Waals surface area contributed by atoms with Crippen molar-refractivity contribution < 1.29 is 4.84 Å². The quantitative estimate of drug-likeness (QED) is 0.795. The lowest BCUT2D eigenvalue weighted by Gasteiger charge is -2.09. The van der Waals surface area contributed by atoms with Gasteiger partial charge in [0.2, 0.25) is 0 Å². The molecular weight excluding hydrogens is 209 g/mol. The minimum atomic E-state index is -0.0429. The van der Waals surface area contributed by atoms with Gasteiger partial charge in [0.25, 0.3) is 0 Å². The normalized spacial score (nSPS) is 12.9. The molecule has 0 heterocycles. The number of hydrogen-bond donors (Lipinski definition) is 1. The molecule has 0 saturated heterocycles. The van der Waals surface area contributed by atoms with E-state index in [0.717, 1.165) is 5.56 Å². The Kier molecular flexibility index (Phi) is 4.00. The van der Waals surface area contributed by atoms with Crippen LogP contribution in [0.3, 0.4) is 0 Å². The van der Waals surface area contributed by atoms with Crippen molar-refractivity contribution in [2.75, 3.05) is 0 Å². The van der Waals surface area contributed by atoms with E-state index in [1.807, 2.05) is 13.0 Å². The van der Waals surface area contributed by atoms with Gasteiger partial charge in [0, 0.05) is 16.5 Å². The molecule has 1 atom stereocenters. The van der Waals surface area contributed by atoms with Crippen LogP contribution < -0.4 is 5.90 Å². The Labute approximate surface area is 87.5 Å². The first kappa shape index (κ1) is 10.8. The first-order chi connectivity index (χ1) is 6.13. The van der Waals surface area contributed by atoms with Gasteiger partial charge in [-0.3, -0.25) is 0 Å². The summed E-state index contributed by atoms with van der Waals surface area (Å²) in [6.45, 7) is 1.88. The fraction of sp³-hybridized carbons (Fsp3) is 0.333. The molecule has 0 aliphatic rings. The number of nitrogens with two attached hydrogens (primary N) is 1. The molecule has 0 fully saturated rings. The average molecular weight is 220 g/mol. The summed E-state index contributed by atoms with van der Waals surface area (Å²) in [6, 6.07) is 5.38. The third-order valence-electron chi connectivity index (χ3n) is 1.75. The van der Waals surface area contributed by atoms with Crippen molar-refractivity contribution in [3.05, 3.63) is 33.8 Å². The largest absolute Gasteiger partial charge is 0.301 e. The van der Waals surface area contributed by atoms with E-state index in [-0.39, 0.29) is 6.10 Å². The van der Waals surface area contributed by atoms with Crippen molar-refractivity contribution >= 4 is 23.2 Å². The highest BCUT2D eigenvalue weighted by molar-refractivity contribution is 6.35. The molecule has 0 aliphatic carbocycles. The Hall–Kier alpha value is -0.280. The van der Waals surface area contributed by atoms with Gasteiger partial charge in [0.15, 0.2) is 0 Å². The molecule has 0 saturated carbocycles. The zero-order valence-electron chi connectivity index (χ0n) is 7.26. The Morgan fingerprint density at radius 2 is 2.15 bits per heavy atom. The number of hydrogen-bond acceptors (Lipinski definition) is 2. The minimum absolute atomic E-state index is 0.0429. The second-order valence-electron chi connectivity index (χ2n) is 2.89. The van der Waals surface area contributed by atoms with Crippen LogP contribution in [-0.2, 0) is 11.3 Å². The van der Waals surface area contributed by atoms with Crippen LogP contribution >= 0.6 is 23.2 Å². The number of benzene rings is 1. The summed E-state index contributed by atoms with van der Waals surface area (Å²) < 4.78 is 0. The molecule has 0 amide bonds. The molecule has 0 radical (unpaired) electrons. The van der Waals surface area contributed by atoms with Crippen LogP contribution in [0.1, 0.15) is 12.5 Å². The van der Waals surface area contributed by atoms with Crippen molar-refractivity contribution in [1.29, 1.82) is 0 Å². The molecule has 0 bridgehead atoms.